The Morgan fingerprint density at radius 1 is 1.33 bits per heavy atom. The first-order chi connectivity index (χ1) is 11.6. The van der Waals surface area contributed by atoms with E-state index in [2.05, 4.69) is 10.3 Å². The zero-order valence-corrected chi connectivity index (χ0v) is 13.7. The van der Waals surface area contributed by atoms with Crippen LogP contribution >= 0.6 is 0 Å². The Morgan fingerprint density at radius 3 is 2.88 bits per heavy atom. The molecule has 1 atom stereocenters. The van der Waals surface area contributed by atoms with Gasteiger partial charge in [0.05, 0.1) is 6.54 Å². The Labute approximate surface area is 140 Å². The van der Waals surface area contributed by atoms with Crippen LogP contribution in [-0.2, 0) is 23.1 Å². The molecule has 1 unspecified atom stereocenters. The number of imidazole rings is 1. The second kappa shape index (κ2) is 6.84. The number of hydrogen-bond acceptors (Lipinski definition) is 4. The van der Waals surface area contributed by atoms with Crippen molar-refractivity contribution in [3.8, 4) is 11.4 Å². The molecule has 1 saturated heterocycles. The lowest BCUT2D eigenvalue weighted by Gasteiger charge is -2.14. The summed E-state index contributed by atoms with van der Waals surface area (Å²) in [6.07, 6.45) is 4.09. The number of nitrogens with one attached hydrogen (secondary N) is 1. The third kappa shape index (κ3) is 3.16. The Hall–Kier alpha value is -2.67. The molecule has 1 aromatic heterocycles. The van der Waals surface area contributed by atoms with Gasteiger partial charge in [-0.2, -0.15) is 0 Å². The van der Waals surface area contributed by atoms with E-state index < -0.39 is 6.04 Å². The highest BCUT2D eigenvalue weighted by Gasteiger charge is 2.37. The SMILES string of the molecule is COCCC1NC(=O)N(Cc2cccc(-c3nccn3C)c2)C1=O. The molecule has 0 saturated carbocycles. The summed E-state index contributed by atoms with van der Waals surface area (Å²) in [5, 5.41) is 2.70. The molecule has 1 aliphatic heterocycles. The quantitative estimate of drug-likeness (QED) is 0.816. The lowest BCUT2D eigenvalue weighted by molar-refractivity contribution is -0.128. The molecular formula is C17H20N4O3. The molecule has 2 aromatic rings. The van der Waals surface area contributed by atoms with Gasteiger partial charge in [0.2, 0.25) is 0 Å². The van der Waals surface area contributed by atoms with E-state index in [9.17, 15) is 9.59 Å². The smallest absolute Gasteiger partial charge is 0.325 e. The average molecular weight is 328 g/mol. The minimum absolute atomic E-state index is 0.209. The van der Waals surface area contributed by atoms with Crippen LogP contribution in [0.25, 0.3) is 11.4 Å². The Kier molecular flexibility index (Phi) is 4.61. The maximum Gasteiger partial charge on any atom is 0.325 e. The van der Waals surface area contributed by atoms with Crippen molar-refractivity contribution >= 4 is 11.9 Å². The van der Waals surface area contributed by atoms with Gasteiger partial charge in [0.25, 0.3) is 5.91 Å². The van der Waals surface area contributed by atoms with Crippen molar-refractivity contribution in [1.29, 1.82) is 0 Å². The topological polar surface area (TPSA) is 76.5 Å². The molecule has 7 nitrogen and oxygen atoms in total. The van der Waals surface area contributed by atoms with Crippen molar-refractivity contribution in [1.82, 2.24) is 19.8 Å². The summed E-state index contributed by atoms with van der Waals surface area (Å²) < 4.78 is 6.90. The van der Waals surface area contributed by atoms with Gasteiger partial charge in [-0.1, -0.05) is 18.2 Å². The molecule has 2 heterocycles. The lowest BCUT2D eigenvalue weighted by atomic mass is 10.1. The molecule has 0 bridgehead atoms. The van der Waals surface area contributed by atoms with Gasteiger partial charge in [-0.3, -0.25) is 9.69 Å². The van der Waals surface area contributed by atoms with Gasteiger partial charge in [0.15, 0.2) is 0 Å². The van der Waals surface area contributed by atoms with Crippen molar-refractivity contribution < 1.29 is 14.3 Å². The number of ether oxygens (including phenoxy) is 1. The molecule has 0 aliphatic carbocycles. The summed E-state index contributed by atoms with van der Waals surface area (Å²) in [6.45, 7) is 0.672. The maximum absolute atomic E-state index is 12.4. The maximum atomic E-state index is 12.4. The van der Waals surface area contributed by atoms with Gasteiger partial charge < -0.3 is 14.6 Å². The number of amides is 3. The predicted octanol–water partition coefficient (Wildman–Crippen LogP) is 1.54. The first kappa shape index (κ1) is 16.2. The molecule has 0 radical (unpaired) electrons. The monoisotopic (exact) mass is 328 g/mol. The number of hydrogen-bond donors (Lipinski definition) is 1. The molecular weight excluding hydrogens is 308 g/mol. The third-order valence-corrected chi connectivity index (χ3v) is 4.06. The minimum atomic E-state index is -0.504. The van der Waals surface area contributed by atoms with Gasteiger partial charge in [0.1, 0.15) is 11.9 Å². The van der Waals surface area contributed by atoms with Crippen LogP contribution in [0.15, 0.2) is 36.7 Å². The van der Waals surface area contributed by atoms with E-state index in [1.807, 2.05) is 42.1 Å². The number of carbonyl (C=O) groups excluding carboxylic acids is 2. The number of aromatic nitrogens is 2. The van der Waals surface area contributed by atoms with Crippen LogP contribution < -0.4 is 5.32 Å². The normalized spacial score (nSPS) is 17.4. The predicted molar refractivity (Wildman–Crippen MR) is 88.0 cm³/mol. The molecule has 7 heteroatoms. The van der Waals surface area contributed by atoms with E-state index >= 15 is 0 Å². The average Bonchev–Trinajstić information content (AvgIpc) is 3.11. The van der Waals surface area contributed by atoms with Gasteiger partial charge >= 0.3 is 6.03 Å². The molecule has 126 valence electrons. The zero-order chi connectivity index (χ0) is 17.1. The van der Waals surface area contributed by atoms with Crippen LogP contribution in [0.5, 0.6) is 0 Å². The molecule has 0 spiro atoms. The fraction of sp³-hybridized carbons (Fsp3) is 0.353. The Morgan fingerprint density at radius 2 is 2.17 bits per heavy atom. The molecule has 1 N–H and O–H groups in total. The molecule has 3 amide bonds. The van der Waals surface area contributed by atoms with Gasteiger partial charge in [-0.05, 0) is 11.6 Å². The number of nitrogens with zero attached hydrogens (tertiary/aromatic N) is 3. The number of carbonyl (C=O) groups is 2. The Bertz CT molecular complexity index is 756. The first-order valence-electron chi connectivity index (χ1n) is 7.77. The number of rotatable bonds is 6. The molecule has 1 aliphatic rings. The van der Waals surface area contributed by atoms with Crippen LogP contribution in [0, 0.1) is 0 Å². The molecule has 24 heavy (non-hydrogen) atoms. The fourth-order valence-electron chi connectivity index (χ4n) is 2.79. The fourth-order valence-corrected chi connectivity index (χ4v) is 2.79. The van der Waals surface area contributed by atoms with Crippen molar-refractivity contribution in [3.63, 3.8) is 0 Å². The van der Waals surface area contributed by atoms with Crippen LogP contribution in [0.4, 0.5) is 4.79 Å². The summed E-state index contributed by atoms with van der Waals surface area (Å²) in [6, 6.07) is 6.85. The number of imide groups is 1. The number of aryl methyl sites for hydroxylation is 1. The summed E-state index contributed by atoms with van der Waals surface area (Å²) in [5.74, 6) is 0.631. The standard InChI is InChI=1S/C17H20N4O3/c1-20-8-7-18-15(20)13-5-3-4-12(10-13)11-21-16(22)14(6-9-24-2)19-17(21)23/h3-5,7-8,10,14H,6,9,11H2,1-2H3,(H,19,23). The largest absolute Gasteiger partial charge is 0.385 e. The van der Waals surface area contributed by atoms with E-state index in [0.717, 1.165) is 17.0 Å². The van der Waals surface area contributed by atoms with Crippen molar-refractivity contribution in [2.45, 2.75) is 19.0 Å². The summed E-state index contributed by atoms with van der Waals surface area (Å²) in [4.78, 5) is 30.0. The third-order valence-electron chi connectivity index (χ3n) is 4.06. The lowest BCUT2D eigenvalue weighted by Crippen LogP contribution is -2.31. The van der Waals surface area contributed by atoms with Crippen molar-refractivity contribution in [2.75, 3.05) is 13.7 Å². The van der Waals surface area contributed by atoms with Crippen molar-refractivity contribution in [2.24, 2.45) is 7.05 Å². The second-order valence-corrected chi connectivity index (χ2v) is 5.77. The number of urea groups is 1. The second-order valence-electron chi connectivity index (χ2n) is 5.77. The van der Waals surface area contributed by atoms with Crippen LogP contribution in [0.1, 0.15) is 12.0 Å². The number of benzene rings is 1. The van der Waals surface area contributed by atoms with E-state index in [1.54, 1.807) is 13.3 Å². The number of methoxy groups -OCH3 is 1. The van der Waals surface area contributed by atoms with Gasteiger partial charge in [-0.25, -0.2) is 9.78 Å². The summed E-state index contributed by atoms with van der Waals surface area (Å²) >= 11 is 0. The Balaban J connectivity index is 1.76. The highest BCUT2D eigenvalue weighted by molar-refractivity contribution is 6.04. The van der Waals surface area contributed by atoms with Gasteiger partial charge in [-0.15, -0.1) is 0 Å². The van der Waals surface area contributed by atoms with Crippen LogP contribution in [0.3, 0.4) is 0 Å². The summed E-state index contributed by atoms with van der Waals surface area (Å²) in [5.41, 5.74) is 1.83. The highest BCUT2D eigenvalue weighted by atomic mass is 16.5. The van der Waals surface area contributed by atoms with E-state index in [1.165, 1.54) is 4.90 Å². The first-order valence-corrected chi connectivity index (χ1v) is 7.77. The van der Waals surface area contributed by atoms with E-state index in [-0.39, 0.29) is 18.5 Å². The van der Waals surface area contributed by atoms with E-state index in [0.29, 0.717) is 13.0 Å². The molecule has 1 aromatic carbocycles. The van der Waals surface area contributed by atoms with Crippen LogP contribution in [0.2, 0.25) is 0 Å². The van der Waals surface area contributed by atoms with Crippen molar-refractivity contribution in [3.05, 3.63) is 42.2 Å². The molecule has 1 fully saturated rings. The van der Waals surface area contributed by atoms with Crippen LogP contribution in [-0.4, -0.2) is 46.1 Å². The molecule has 3 rings (SSSR count). The summed E-state index contributed by atoms with van der Waals surface area (Å²) in [7, 11) is 3.50. The zero-order valence-electron chi connectivity index (χ0n) is 13.7. The minimum Gasteiger partial charge on any atom is -0.385 e. The van der Waals surface area contributed by atoms with E-state index in [4.69, 9.17) is 4.74 Å². The van der Waals surface area contributed by atoms with Gasteiger partial charge in [0, 0.05) is 45.1 Å². The highest BCUT2D eigenvalue weighted by Crippen LogP contribution is 2.20.